The van der Waals surface area contributed by atoms with Crippen LogP contribution in [-0.4, -0.2) is 42.4 Å². The third-order valence-electron chi connectivity index (χ3n) is 6.35. The molecule has 4 rings (SSSR count). The molecule has 33 heavy (non-hydrogen) atoms. The van der Waals surface area contributed by atoms with Gasteiger partial charge in [0.25, 0.3) is 5.91 Å². The van der Waals surface area contributed by atoms with Gasteiger partial charge in [-0.15, -0.1) is 0 Å². The molecule has 8 heteroatoms. The van der Waals surface area contributed by atoms with E-state index in [0.29, 0.717) is 43.7 Å². The Morgan fingerprint density at radius 2 is 1.73 bits per heavy atom. The lowest BCUT2D eigenvalue weighted by atomic mass is 10.0. The lowest BCUT2D eigenvalue weighted by molar-refractivity contribution is -0.137. The number of hydrogen-bond donors (Lipinski definition) is 1. The highest BCUT2D eigenvalue weighted by Gasteiger charge is 2.30. The predicted molar refractivity (Wildman–Crippen MR) is 120 cm³/mol. The van der Waals surface area contributed by atoms with Gasteiger partial charge in [-0.05, 0) is 61.6 Å². The Morgan fingerprint density at radius 1 is 1.00 bits per heavy atom. The number of carbonyl (C=O) groups excluding carboxylic acids is 2. The average Bonchev–Trinajstić information content (AvgIpc) is 2.80. The van der Waals surface area contributed by atoms with Crippen molar-refractivity contribution in [3.05, 3.63) is 65.2 Å². The molecule has 0 spiro atoms. The first kappa shape index (κ1) is 23.3. The van der Waals surface area contributed by atoms with Gasteiger partial charge in [0, 0.05) is 49.9 Å². The number of amides is 2. The second kappa shape index (κ2) is 9.95. The fraction of sp³-hybridized carbons (Fsp3) is 0.440. The van der Waals surface area contributed by atoms with Crippen molar-refractivity contribution in [2.24, 2.45) is 0 Å². The summed E-state index contributed by atoms with van der Waals surface area (Å²) in [5.41, 5.74) is 1.38. The van der Waals surface area contributed by atoms with Crippen molar-refractivity contribution < 1.29 is 22.8 Å². The highest BCUT2D eigenvalue weighted by Crippen LogP contribution is 2.30. The molecule has 0 radical (unpaired) electrons. The molecule has 0 unspecified atom stereocenters. The minimum atomic E-state index is -4.34. The quantitative estimate of drug-likeness (QED) is 0.710. The van der Waals surface area contributed by atoms with Crippen LogP contribution in [0.2, 0.25) is 0 Å². The lowest BCUT2D eigenvalue weighted by Crippen LogP contribution is -2.44. The molecule has 2 aliphatic rings. The second-order valence-corrected chi connectivity index (χ2v) is 8.77. The fourth-order valence-corrected chi connectivity index (χ4v) is 4.48. The molecule has 0 saturated carbocycles. The molecule has 5 nitrogen and oxygen atoms in total. The van der Waals surface area contributed by atoms with Gasteiger partial charge in [-0.1, -0.05) is 18.2 Å². The van der Waals surface area contributed by atoms with Gasteiger partial charge in [0.05, 0.1) is 5.56 Å². The molecule has 2 amide bonds. The molecule has 2 aromatic rings. The first-order valence-corrected chi connectivity index (χ1v) is 11.4. The van der Waals surface area contributed by atoms with Gasteiger partial charge in [-0.25, -0.2) is 0 Å². The Labute approximate surface area is 191 Å². The predicted octanol–water partition coefficient (Wildman–Crippen LogP) is 4.62. The number of likely N-dealkylation sites (tertiary alicyclic amines) is 1. The summed E-state index contributed by atoms with van der Waals surface area (Å²) in [5, 5.41) is 3.06. The Kier molecular flexibility index (Phi) is 7.02. The van der Waals surface area contributed by atoms with Gasteiger partial charge >= 0.3 is 6.18 Å². The maximum atomic E-state index is 12.9. The molecular formula is C25H28F3N3O2. The molecule has 2 heterocycles. The minimum Gasteiger partial charge on any atom is -0.349 e. The Bertz CT molecular complexity index is 983. The number of piperidine rings is 2. The maximum absolute atomic E-state index is 12.9. The number of alkyl halides is 3. The van der Waals surface area contributed by atoms with E-state index in [1.165, 1.54) is 12.1 Å². The highest BCUT2D eigenvalue weighted by atomic mass is 19.4. The van der Waals surface area contributed by atoms with Crippen molar-refractivity contribution in [3.63, 3.8) is 0 Å². The Balaban J connectivity index is 1.27. The zero-order valence-electron chi connectivity index (χ0n) is 18.4. The largest absolute Gasteiger partial charge is 0.416 e. The van der Waals surface area contributed by atoms with E-state index >= 15 is 0 Å². The summed E-state index contributed by atoms with van der Waals surface area (Å²) in [7, 11) is 0. The first-order valence-electron chi connectivity index (χ1n) is 11.4. The fourth-order valence-electron chi connectivity index (χ4n) is 4.48. The number of hydrogen-bond acceptors (Lipinski definition) is 3. The van der Waals surface area contributed by atoms with Crippen molar-refractivity contribution in [1.29, 1.82) is 0 Å². The molecular weight excluding hydrogens is 431 g/mol. The second-order valence-electron chi connectivity index (χ2n) is 8.77. The number of anilines is 1. The number of nitrogens with one attached hydrogen (secondary N) is 1. The van der Waals surface area contributed by atoms with Crippen LogP contribution in [0.15, 0.2) is 48.5 Å². The molecule has 176 valence electrons. The Hall–Kier alpha value is -2.87. The number of nitrogens with zero attached hydrogens (tertiary/aromatic N) is 2. The van der Waals surface area contributed by atoms with Crippen molar-refractivity contribution in [2.45, 2.75) is 50.9 Å². The molecule has 1 N–H and O–H groups in total. The smallest absolute Gasteiger partial charge is 0.349 e. The molecule has 2 fully saturated rings. The van der Waals surface area contributed by atoms with Gasteiger partial charge in [-0.3, -0.25) is 14.5 Å². The number of carbonyl (C=O) groups is 2. The van der Waals surface area contributed by atoms with Crippen LogP contribution in [0.3, 0.4) is 0 Å². The molecule has 2 saturated heterocycles. The number of benzene rings is 2. The van der Waals surface area contributed by atoms with Crippen LogP contribution >= 0.6 is 0 Å². The summed E-state index contributed by atoms with van der Waals surface area (Å²) in [6.07, 6.45) is -0.380. The first-order chi connectivity index (χ1) is 15.8. The molecule has 0 aromatic heterocycles. The standard InChI is InChI=1S/C25H28F3N3O2/c26-25(27,28)20-5-3-4-18(16-20)17-30-14-11-21(12-15-30)29-24(33)19-7-9-22(10-8-19)31-13-2-1-6-23(31)32/h3-5,7-10,16,21H,1-2,6,11-15,17H2,(H,29,33). The van der Waals surface area contributed by atoms with Gasteiger partial charge in [0.15, 0.2) is 0 Å². The minimum absolute atomic E-state index is 0.0265. The number of halogens is 3. The normalized spacial score (nSPS) is 18.4. The van der Waals surface area contributed by atoms with Gasteiger partial charge in [0.2, 0.25) is 5.91 Å². The van der Waals surface area contributed by atoms with Gasteiger partial charge < -0.3 is 10.2 Å². The average molecular weight is 460 g/mol. The molecule has 0 aliphatic carbocycles. The topological polar surface area (TPSA) is 52.7 Å². The van der Waals surface area contributed by atoms with Crippen LogP contribution < -0.4 is 10.2 Å². The molecule has 0 bridgehead atoms. The van der Waals surface area contributed by atoms with Gasteiger partial charge in [0.1, 0.15) is 0 Å². The zero-order valence-corrected chi connectivity index (χ0v) is 18.4. The monoisotopic (exact) mass is 459 g/mol. The van der Waals surface area contributed by atoms with Gasteiger partial charge in [-0.2, -0.15) is 13.2 Å². The lowest BCUT2D eigenvalue weighted by Gasteiger charge is -2.32. The van der Waals surface area contributed by atoms with Crippen LogP contribution in [0.5, 0.6) is 0 Å². The van der Waals surface area contributed by atoms with E-state index in [2.05, 4.69) is 10.2 Å². The SMILES string of the molecule is O=C(NC1CCN(Cc2cccc(C(F)(F)F)c2)CC1)c1ccc(N2CCCCC2=O)cc1. The van der Waals surface area contributed by atoms with E-state index in [9.17, 15) is 22.8 Å². The molecule has 2 aromatic carbocycles. The van der Waals surface area contributed by atoms with Crippen LogP contribution in [0.1, 0.15) is 53.6 Å². The van der Waals surface area contributed by atoms with Crippen molar-refractivity contribution >= 4 is 17.5 Å². The van der Waals surface area contributed by atoms with E-state index in [4.69, 9.17) is 0 Å². The highest BCUT2D eigenvalue weighted by molar-refractivity contribution is 5.97. The van der Waals surface area contributed by atoms with Crippen molar-refractivity contribution in [2.75, 3.05) is 24.5 Å². The van der Waals surface area contributed by atoms with Crippen molar-refractivity contribution in [1.82, 2.24) is 10.2 Å². The summed E-state index contributed by atoms with van der Waals surface area (Å²) < 4.78 is 38.8. The summed E-state index contributed by atoms with van der Waals surface area (Å²) in [6, 6.07) is 12.6. The summed E-state index contributed by atoms with van der Waals surface area (Å²) in [4.78, 5) is 28.6. The summed E-state index contributed by atoms with van der Waals surface area (Å²) in [6.45, 7) is 2.58. The van der Waals surface area contributed by atoms with Crippen LogP contribution in [0.25, 0.3) is 0 Å². The van der Waals surface area contributed by atoms with E-state index in [1.807, 2.05) is 12.1 Å². The van der Waals surface area contributed by atoms with Crippen LogP contribution in [-0.2, 0) is 17.5 Å². The third-order valence-corrected chi connectivity index (χ3v) is 6.35. The van der Waals surface area contributed by atoms with E-state index in [1.54, 1.807) is 23.1 Å². The maximum Gasteiger partial charge on any atom is 0.416 e. The van der Waals surface area contributed by atoms with Crippen molar-refractivity contribution in [3.8, 4) is 0 Å². The molecule has 0 atom stereocenters. The summed E-state index contributed by atoms with van der Waals surface area (Å²) in [5.74, 6) is -0.0295. The Morgan fingerprint density at radius 3 is 2.39 bits per heavy atom. The third kappa shape index (κ3) is 5.93. The van der Waals surface area contributed by atoms with E-state index in [-0.39, 0.29) is 17.9 Å². The molecule has 2 aliphatic heterocycles. The van der Waals surface area contributed by atoms with Crippen LogP contribution in [0.4, 0.5) is 18.9 Å². The zero-order chi connectivity index (χ0) is 23.4. The number of rotatable bonds is 5. The summed E-state index contributed by atoms with van der Waals surface area (Å²) >= 11 is 0. The van der Waals surface area contributed by atoms with E-state index < -0.39 is 11.7 Å². The van der Waals surface area contributed by atoms with E-state index in [0.717, 1.165) is 37.4 Å². The van der Waals surface area contributed by atoms with Crippen LogP contribution in [0, 0.1) is 0 Å².